The van der Waals surface area contributed by atoms with E-state index in [2.05, 4.69) is 12.6 Å². The number of amides is 1. The Hall–Kier alpha value is -0.380. The Balaban J connectivity index is 1.98. The molecule has 0 radical (unpaired) electrons. The van der Waals surface area contributed by atoms with Gasteiger partial charge in [0.1, 0.15) is 0 Å². The van der Waals surface area contributed by atoms with E-state index >= 15 is 0 Å². The standard InChI is InChI=1S/C12H13Cl2NOS/c13-9-1-2-11(14)8(5-9)3-4-15-7-10(17)6-12(15)16/h1-2,5,10,17H,3-4,6-7H2. The molecule has 0 saturated carbocycles. The molecule has 0 aromatic heterocycles. The third-order valence-corrected chi connectivity index (χ3v) is 3.80. The average molecular weight is 290 g/mol. The molecular weight excluding hydrogens is 277 g/mol. The van der Waals surface area contributed by atoms with E-state index in [4.69, 9.17) is 23.2 Å². The van der Waals surface area contributed by atoms with Crippen molar-refractivity contribution in [1.29, 1.82) is 0 Å². The van der Waals surface area contributed by atoms with Gasteiger partial charge in [-0.3, -0.25) is 4.79 Å². The van der Waals surface area contributed by atoms with E-state index in [1.165, 1.54) is 0 Å². The topological polar surface area (TPSA) is 20.3 Å². The fourth-order valence-electron chi connectivity index (χ4n) is 1.96. The summed E-state index contributed by atoms with van der Waals surface area (Å²) in [6.45, 7) is 1.40. The van der Waals surface area contributed by atoms with Gasteiger partial charge in [0.05, 0.1) is 0 Å². The Bertz CT molecular complexity index is 439. The van der Waals surface area contributed by atoms with Gasteiger partial charge in [-0.2, -0.15) is 12.6 Å². The first kappa shape index (κ1) is 13.1. The number of nitrogens with zero attached hydrogens (tertiary/aromatic N) is 1. The number of hydrogen-bond acceptors (Lipinski definition) is 2. The number of halogens is 2. The molecule has 1 aromatic carbocycles. The average Bonchev–Trinajstić information content (AvgIpc) is 2.59. The van der Waals surface area contributed by atoms with Crippen molar-refractivity contribution in [2.24, 2.45) is 0 Å². The molecule has 1 fully saturated rings. The minimum Gasteiger partial charge on any atom is -0.341 e. The van der Waals surface area contributed by atoms with Crippen LogP contribution in [0.25, 0.3) is 0 Å². The van der Waals surface area contributed by atoms with E-state index in [-0.39, 0.29) is 11.2 Å². The van der Waals surface area contributed by atoms with Crippen molar-refractivity contribution in [3.63, 3.8) is 0 Å². The van der Waals surface area contributed by atoms with Crippen LogP contribution in [0, 0.1) is 0 Å². The SMILES string of the molecule is O=C1CC(S)CN1CCc1cc(Cl)ccc1Cl. The second-order valence-electron chi connectivity index (χ2n) is 4.18. The van der Waals surface area contributed by atoms with E-state index in [1.54, 1.807) is 12.1 Å². The number of hydrogen-bond donors (Lipinski definition) is 1. The van der Waals surface area contributed by atoms with Gasteiger partial charge in [0, 0.05) is 34.8 Å². The van der Waals surface area contributed by atoms with Crippen LogP contribution in [-0.2, 0) is 11.2 Å². The Labute approximate surface area is 116 Å². The molecule has 2 rings (SSSR count). The van der Waals surface area contributed by atoms with Gasteiger partial charge in [0.15, 0.2) is 0 Å². The summed E-state index contributed by atoms with van der Waals surface area (Å²) in [5.41, 5.74) is 0.981. The van der Waals surface area contributed by atoms with Crippen LogP contribution in [0.4, 0.5) is 0 Å². The fourth-order valence-corrected chi connectivity index (χ4v) is 2.72. The molecule has 2 nitrogen and oxygen atoms in total. The minimum absolute atomic E-state index is 0.164. The predicted octanol–water partition coefficient (Wildman–Crippen LogP) is 3.07. The van der Waals surface area contributed by atoms with Crippen molar-refractivity contribution in [2.75, 3.05) is 13.1 Å². The van der Waals surface area contributed by atoms with Crippen molar-refractivity contribution in [1.82, 2.24) is 4.90 Å². The van der Waals surface area contributed by atoms with Gasteiger partial charge in [-0.25, -0.2) is 0 Å². The smallest absolute Gasteiger partial charge is 0.223 e. The molecule has 1 saturated heterocycles. The molecule has 17 heavy (non-hydrogen) atoms. The molecule has 92 valence electrons. The van der Waals surface area contributed by atoms with Crippen LogP contribution in [0.1, 0.15) is 12.0 Å². The molecule has 1 unspecified atom stereocenters. The Kier molecular flexibility index (Phi) is 4.23. The van der Waals surface area contributed by atoms with E-state index in [0.717, 1.165) is 18.5 Å². The first-order valence-electron chi connectivity index (χ1n) is 5.46. The summed E-state index contributed by atoms with van der Waals surface area (Å²) in [6.07, 6.45) is 1.26. The summed E-state index contributed by atoms with van der Waals surface area (Å²) >= 11 is 16.3. The molecule has 1 amide bonds. The highest BCUT2D eigenvalue weighted by molar-refractivity contribution is 7.81. The van der Waals surface area contributed by atoms with Crippen molar-refractivity contribution >= 4 is 41.7 Å². The lowest BCUT2D eigenvalue weighted by atomic mass is 10.1. The molecule has 1 aromatic rings. The van der Waals surface area contributed by atoms with Crippen LogP contribution in [-0.4, -0.2) is 29.1 Å². The molecule has 1 heterocycles. The van der Waals surface area contributed by atoms with E-state index < -0.39 is 0 Å². The van der Waals surface area contributed by atoms with Crippen molar-refractivity contribution in [2.45, 2.75) is 18.1 Å². The highest BCUT2D eigenvalue weighted by Crippen LogP contribution is 2.22. The van der Waals surface area contributed by atoms with Crippen molar-refractivity contribution < 1.29 is 4.79 Å². The lowest BCUT2D eigenvalue weighted by molar-refractivity contribution is -0.127. The minimum atomic E-state index is 0.164. The van der Waals surface area contributed by atoms with Gasteiger partial charge in [0.2, 0.25) is 5.91 Å². The van der Waals surface area contributed by atoms with Gasteiger partial charge in [-0.05, 0) is 30.2 Å². The third-order valence-electron chi connectivity index (χ3n) is 2.85. The zero-order chi connectivity index (χ0) is 12.4. The molecular formula is C12H13Cl2NOS. The van der Waals surface area contributed by atoms with Gasteiger partial charge < -0.3 is 4.90 Å². The quantitative estimate of drug-likeness (QED) is 0.848. The first-order valence-corrected chi connectivity index (χ1v) is 6.73. The second-order valence-corrected chi connectivity index (χ2v) is 5.76. The van der Waals surface area contributed by atoms with E-state index in [1.807, 2.05) is 11.0 Å². The third kappa shape index (κ3) is 3.30. The first-order chi connectivity index (χ1) is 8.06. The summed E-state index contributed by atoms with van der Waals surface area (Å²) < 4.78 is 0. The number of thiol groups is 1. The van der Waals surface area contributed by atoms with Crippen LogP contribution < -0.4 is 0 Å². The Morgan fingerprint density at radius 1 is 1.41 bits per heavy atom. The van der Waals surface area contributed by atoms with Gasteiger partial charge in [-0.1, -0.05) is 23.2 Å². The number of carbonyl (C=O) groups is 1. The van der Waals surface area contributed by atoms with Gasteiger partial charge >= 0.3 is 0 Å². The Morgan fingerprint density at radius 3 is 2.82 bits per heavy atom. The maximum Gasteiger partial charge on any atom is 0.223 e. The summed E-state index contributed by atoms with van der Waals surface area (Å²) in [6, 6.07) is 5.40. The molecule has 1 aliphatic heterocycles. The summed E-state index contributed by atoms with van der Waals surface area (Å²) in [5, 5.41) is 1.53. The summed E-state index contributed by atoms with van der Waals surface area (Å²) in [7, 11) is 0. The van der Waals surface area contributed by atoms with Crippen molar-refractivity contribution in [3.05, 3.63) is 33.8 Å². The predicted molar refractivity (Wildman–Crippen MR) is 74.1 cm³/mol. The molecule has 5 heteroatoms. The molecule has 0 aliphatic carbocycles. The molecule has 1 aliphatic rings. The molecule has 0 bridgehead atoms. The lowest BCUT2D eigenvalue weighted by Crippen LogP contribution is -2.27. The largest absolute Gasteiger partial charge is 0.341 e. The fraction of sp³-hybridized carbons (Fsp3) is 0.417. The molecule has 1 atom stereocenters. The molecule has 0 N–H and O–H groups in total. The van der Waals surface area contributed by atoms with Crippen LogP contribution in [0.3, 0.4) is 0 Å². The lowest BCUT2D eigenvalue weighted by Gasteiger charge is -2.16. The number of likely N-dealkylation sites (tertiary alicyclic amines) is 1. The van der Waals surface area contributed by atoms with Gasteiger partial charge in [-0.15, -0.1) is 0 Å². The summed E-state index contributed by atoms with van der Waals surface area (Å²) in [5.74, 6) is 0.170. The van der Waals surface area contributed by atoms with Crippen LogP contribution in [0.5, 0.6) is 0 Å². The van der Waals surface area contributed by atoms with Crippen LogP contribution in [0.2, 0.25) is 10.0 Å². The Morgan fingerprint density at radius 2 is 2.18 bits per heavy atom. The zero-order valence-electron chi connectivity index (χ0n) is 9.20. The maximum atomic E-state index is 11.6. The second kappa shape index (κ2) is 5.51. The van der Waals surface area contributed by atoms with Crippen molar-refractivity contribution in [3.8, 4) is 0 Å². The number of rotatable bonds is 3. The zero-order valence-corrected chi connectivity index (χ0v) is 11.6. The van der Waals surface area contributed by atoms with Gasteiger partial charge in [0.25, 0.3) is 0 Å². The van der Waals surface area contributed by atoms with E-state index in [0.29, 0.717) is 23.0 Å². The molecule has 0 spiro atoms. The van der Waals surface area contributed by atoms with Crippen LogP contribution in [0.15, 0.2) is 18.2 Å². The number of carbonyl (C=O) groups excluding carboxylic acids is 1. The normalized spacial score (nSPS) is 20.1. The monoisotopic (exact) mass is 289 g/mol. The highest BCUT2D eigenvalue weighted by Gasteiger charge is 2.26. The highest BCUT2D eigenvalue weighted by atomic mass is 35.5. The summed E-state index contributed by atoms with van der Waals surface area (Å²) in [4.78, 5) is 13.4. The maximum absolute atomic E-state index is 11.6. The number of benzene rings is 1. The van der Waals surface area contributed by atoms with E-state index in [9.17, 15) is 4.79 Å². The van der Waals surface area contributed by atoms with Crippen LogP contribution >= 0.6 is 35.8 Å².